The monoisotopic (exact) mass is 295 g/mol. The second-order valence-corrected chi connectivity index (χ2v) is 6.67. The lowest BCUT2D eigenvalue weighted by Crippen LogP contribution is -2.48. The molecule has 1 N–H and O–H groups in total. The maximum Gasteiger partial charge on any atom is 0.228 e. The van der Waals surface area contributed by atoms with Crippen molar-refractivity contribution in [1.29, 1.82) is 0 Å². The number of hydrogen-bond donors (Lipinski definition) is 1. The van der Waals surface area contributed by atoms with Gasteiger partial charge in [0.15, 0.2) is 0 Å². The number of rotatable bonds is 3. The number of β-amino-alcohol motifs (C(OH)–C–C–N with tert-alkyl or cyclic N) is 1. The summed E-state index contributed by atoms with van der Waals surface area (Å²) in [5.74, 6) is 0.108. The zero-order valence-electron chi connectivity index (χ0n) is 12.1. The predicted molar refractivity (Wildman–Crippen MR) is 80.8 cm³/mol. The van der Waals surface area contributed by atoms with E-state index in [0.29, 0.717) is 18.0 Å². The van der Waals surface area contributed by atoms with Crippen LogP contribution in [-0.4, -0.2) is 35.1 Å². The highest BCUT2D eigenvalue weighted by atomic mass is 35.5. The molecule has 20 heavy (non-hydrogen) atoms. The highest BCUT2D eigenvalue weighted by molar-refractivity contribution is 6.30. The highest BCUT2D eigenvalue weighted by Crippen LogP contribution is 2.27. The van der Waals surface area contributed by atoms with Crippen LogP contribution in [0.25, 0.3) is 0 Å². The summed E-state index contributed by atoms with van der Waals surface area (Å²) >= 11 is 5.99. The number of aliphatic hydroxyl groups is 1. The average molecular weight is 296 g/mol. The molecule has 0 bridgehead atoms. The van der Waals surface area contributed by atoms with Crippen molar-refractivity contribution < 1.29 is 9.90 Å². The van der Waals surface area contributed by atoms with E-state index in [1.165, 1.54) is 0 Å². The van der Waals surface area contributed by atoms with Crippen LogP contribution in [-0.2, 0) is 11.2 Å². The predicted octanol–water partition coefficient (Wildman–Crippen LogP) is 2.89. The van der Waals surface area contributed by atoms with Gasteiger partial charge in [-0.3, -0.25) is 4.79 Å². The summed E-state index contributed by atoms with van der Waals surface area (Å²) in [6.45, 7) is 5.11. The van der Waals surface area contributed by atoms with Gasteiger partial charge in [0.25, 0.3) is 0 Å². The number of aliphatic hydroxyl groups excluding tert-OH is 1. The van der Waals surface area contributed by atoms with Crippen LogP contribution < -0.4 is 0 Å². The number of carbonyl (C=O) groups is 1. The molecule has 1 unspecified atom stereocenters. The molecule has 0 spiro atoms. The van der Waals surface area contributed by atoms with Gasteiger partial charge in [0, 0.05) is 23.5 Å². The van der Waals surface area contributed by atoms with Gasteiger partial charge >= 0.3 is 0 Å². The summed E-state index contributed by atoms with van der Waals surface area (Å²) in [4.78, 5) is 14.4. The number of hydrogen-bond acceptors (Lipinski definition) is 2. The molecule has 0 aromatic heterocycles. The van der Waals surface area contributed by atoms with E-state index in [1.54, 1.807) is 4.90 Å². The molecule has 1 aliphatic heterocycles. The van der Waals surface area contributed by atoms with E-state index in [9.17, 15) is 9.90 Å². The Morgan fingerprint density at radius 1 is 1.50 bits per heavy atom. The second kappa shape index (κ2) is 6.15. The van der Waals surface area contributed by atoms with Gasteiger partial charge < -0.3 is 10.0 Å². The van der Waals surface area contributed by atoms with Crippen LogP contribution in [0.15, 0.2) is 24.3 Å². The van der Waals surface area contributed by atoms with Crippen LogP contribution >= 0.6 is 11.6 Å². The van der Waals surface area contributed by atoms with Crippen LogP contribution in [0.3, 0.4) is 0 Å². The van der Waals surface area contributed by atoms with Crippen molar-refractivity contribution in [3.63, 3.8) is 0 Å². The third-order valence-electron chi connectivity index (χ3n) is 3.80. The van der Waals surface area contributed by atoms with Gasteiger partial charge in [-0.1, -0.05) is 37.6 Å². The SMILES string of the molecule is CC(C)(Cc1cccc(Cl)c1)C(=O)N1CCCC(O)C1. The number of benzene rings is 1. The van der Waals surface area contributed by atoms with Gasteiger partial charge in [-0.25, -0.2) is 0 Å². The Morgan fingerprint density at radius 2 is 2.25 bits per heavy atom. The standard InChI is InChI=1S/C16H22ClNO2/c1-16(2,10-12-5-3-6-13(17)9-12)15(20)18-8-4-7-14(19)11-18/h3,5-6,9,14,19H,4,7-8,10-11H2,1-2H3. The zero-order chi connectivity index (χ0) is 14.8. The molecular formula is C16H22ClNO2. The molecule has 1 aliphatic rings. The summed E-state index contributed by atoms with van der Waals surface area (Å²) in [6, 6.07) is 7.64. The average Bonchev–Trinajstić information content (AvgIpc) is 2.37. The normalized spacial score (nSPS) is 20.0. The van der Waals surface area contributed by atoms with Crippen LogP contribution in [0.2, 0.25) is 5.02 Å². The fraction of sp³-hybridized carbons (Fsp3) is 0.562. The van der Waals surface area contributed by atoms with Gasteiger partial charge in [0.1, 0.15) is 0 Å². The summed E-state index contributed by atoms with van der Waals surface area (Å²) < 4.78 is 0. The number of piperidine rings is 1. The second-order valence-electron chi connectivity index (χ2n) is 6.24. The minimum absolute atomic E-state index is 0.108. The minimum Gasteiger partial charge on any atom is -0.391 e. The Bertz CT molecular complexity index is 487. The van der Waals surface area contributed by atoms with Gasteiger partial charge in [0.05, 0.1) is 6.10 Å². The third-order valence-corrected chi connectivity index (χ3v) is 4.03. The summed E-state index contributed by atoms with van der Waals surface area (Å²) in [5, 5.41) is 10.4. The molecule has 0 radical (unpaired) electrons. The van der Waals surface area contributed by atoms with E-state index in [-0.39, 0.29) is 12.0 Å². The molecule has 1 fully saturated rings. The first-order chi connectivity index (χ1) is 9.38. The van der Waals surface area contributed by atoms with E-state index in [0.717, 1.165) is 24.9 Å². The molecule has 3 nitrogen and oxygen atoms in total. The number of nitrogens with zero attached hydrogens (tertiary/aromatic N) is 1. The van der Waals surface area contributed by atoms with Crippen LogP contribution in [0.1, 0.15) is 32.3 Å². The van der Waals surface area contributed by atoms with E-state index < -0.39 is 5.41 Å². The lowest BCUT2D eigenvalue weighted by molar-refractivity contribution is -0.143. The van der Waals surface area contributed by atoms with Crippen LogP contribution in [0, 0.1) is 5.41 Å². The van der Waals surface area contributed by atoms with Crippen molar-refractivity contribution in [3.05, 3.63) is 34.9 Å². The topological polar surface area (TPSA) is 40.5 Å². The molecule has 1 aromatic rings. The number of amides is 1. The van der Waals surface area contributed by atoms with Crippen LogP contribution in [0.4, 0.5) is 0 Å². The van der Waals surface area contributed by atoms with Crippen molar-refractivity contribution in [3.8, 4) is 0 Å². The van der Waals surface area contributed by atoms with E-state index in [2.05, 4.69) is 0 Å². The molecule has 2 rings (SSSR count). The summed E-state index contributed by atoms with van der Waals surface area (Å²) in [5.41, 5.74) is 0.579. The van der Waals surface area contributed by atoms with Crippen molar-refractivity contribution >= 4 is 17.5 Å². The highest BCUT2D eigenvalue weighted by Gasteiger charge is 2.34. The Kier molecular flexibility index (Phi) is 4.71. The lowest BCUT2D eigenvalue weighted by atomic mass is 9.83. The zero-order valence-corrected chi connectivity index (χ0v) is 12.9. The van der Waals surface area contributed by atoms with Crippen molar-refractivity contribution in [2.45, 2.75) is 39.2 Å². The van der Waals surface area contributed by atoms with Gasteiger partial charge in [0.2, 0.25) is 5.91 Å². The van der Waals surface area contributed by atoms with Gasteiger partial charge in [-0.05, 0) is 37.0 Å². The fourth-order valence-corrected chi connectivity index (χ4v) is 3.01. The Morgan fingerprint density at radius 3 is 2.90 bits per heavy atom. The molecule has 110 valence electrons. The van der Waals surface area contributed by atoms with E-state index in [1.807, 2.05) is 38.1 Å². The minimum atomic E-state index is -0.484. The van der Waals surface area contributed by atoms with E-state index in [4.69, 9.17) is 11.6 Å². The lowest BCUT2D eigenvalue weighted by Gasteiger charge is -2.36. The number of halogens is 1. The van der Waals surface area contributed by atoms with Crippen molar-refractivity contribution in [2.75, 3.05) is 13.1 Å². The maximum atomic E-state index is 12.6. The van der Waals surface area contributed by atoms with Crippen LogP contribution in [0.5, 0.6) is 0 Å². The summed E-state index contributed by atoms with van der Waals surface area (Å²) in [6.07, 6.45) is 1.94. The number of carbonyl (C=O) groups excluding carboxylic acids is 1. The Hall–Kier alpha value is -1.06. The fourth-order valence-electron chi connectivity index (χ4n) is 2.80. The van der Waals surface area contributed by atoms with Gasteiger partial charge in [-0.2, -0.15) is 0 Å². The first-order valence-corrected chi connectivity index (χ1v) is 7.48. The third kappa shape index (κ3) is 3.74. The quantitative estimate of drug-likeness (QED) is 0.931. The molecule has 1 saturated heterocycles. The van der Waals surface area contributed by atoms with Crippen molar-refractivity contribution in [1.82, 2.24) is 4.90 Å². The van der Waals surface area contributed by atoms with Gasteiger partial charge in [-0.15, -0.1) is 0 Å². The molecule has 4 heteroatoms. The summed E-state index contributed by atoms with van der Waals surface area (Å²) in [7, 11) is 0. The first-order valence-electron chi connectivity index (χ1n) is 7.10. The molecule has 1 amide bonds. The van der Waals surface area contributed by atoms with Crippen molar-refractivity contribution in [2.24, 2.45) is 5.41 Å². The molecule has 1 heterocycles. The Balaban J connectivity index is 2.07. The molecule has 1 atom stereocenters. The Labute approximate surface area is 125 Å². The molecular weight excluding hydrogens is 274 g/mol. The smallest absolute Gasteiger partial charge is 0.228 e. The largest absolute Gasteiger partial charge is 0.391 e. The molecule has 1 aromatic carbocycles. The molecule has 0 aliphatic carbocycles. The first kappa shape index (κ1) is 15.3. The van der Waals surface area contributed by atoms with E-state index >= 15 is 0 Å². The number of likely N-dealkylation sites (tertiary alicyclic amines) is 1. The maximum absolute atomic E-state index is 12.6. The molecule has 0 saturated carbocycles.